The van der Waals surface area contributed by atoms with Crippen LogP contribution >= 0.6 is 0 Å². The molecular weight excluding hydrogens is 284 g/mol. The SMILES string of the molecule is CCN1CCC2(CC1)CN(C(=O)CC(C)C)c1ccc(C)cc12. The van der Waals surface area contributed by atoms with Crippen molar-refractivity contribution >= 4 is 11.6 Å². The van der Waals surface area contributed by atoms with Gasteiger partial charge in [-0.2, -0.15) is 0 Å². The third kappa shape index (κ3) is 3.03. The van der Waals surface area contributed by atoms with Crippen LogP contribution in [0.4, 0.5) is 5.69 Å². The molecule has 23 heavy (non-hydrogen) atoms. The molecule has 0 N–H and O–H groups in total. The lowest BCUT2D eigenvalue weighted by atomic mass is 9.74. The minimum Gasteiger partial charge on any atom is -0.311 e. The third-order valence-corrected chi connectivity index (χ3v) is 5.62. The Labute approximate surface area is 140 Å². The van der Waals surface area contributed by atoms with Crippen molar-refractivity contribution in [1.29, 1.82) is 0 Å². The molecular formula is C20H30N2O. The monoisotopic (exact) mass is 314 g/mol. The number of hydrogen-bond donors (Lipinski definition) is 0. The van der Waals surface area contributed by atoms with E-state index >= 15 is 0 Å². The fraction of sp³-hybridized carbons (Fsp3) is 0.650. The van der Waals surface area contributed by atoms with Crippen molar-refractivity contribution in [2.24, 2.45) is 5.92 Å². The van der Waals surface area contributed by atoms with Gasteiger partial charge in [-0.15, -0.1) is 0 Å². The first-order valence-corrected chi connectivity index (χ1v) is 9.09. The molecule has 2 heterocycles. The van der Waals surface area contributed by atoms with Crippen LogP contribution < -0.4 is 4.90 Å². The molecule has 1 fully saturated rings. The average Bonchev–Trinajstić information content (AvgIpc) is 2.82. The Hall–Kier alpha value is -1.35. The van der Waals surface area contributed by atoms with Crippen molar-refractivity contribution in [2.45, 2.75) is 52.4 Å². The highest BCUT2D eigenvalue weighted by Gasteiger charge is 2.46. The predicted octanol–water partition coefficient (Wildman–Crippen LogP) is 3.74. The highest BCUT2D eigenvalue weighted by atomic mass is 16.2. The van der Waals surface area contributed by atoms with Crippen molar-refractivity contribution in [2.75, 3.05) is 31.1 Å². The Kier molecular flexibility index (Phi) is 4.50. The van der Waals surface area contributed by atoms with Crippen LogP contribution in [0.1, 0.15) is 51.2 Å². The summed E-state index contributed by atoms with van der Waals surface area (Å²) in [5.74, 6) is 0.704. The Balaban J connectivity index is 1.92. The first-order valence-electron chi connectivity index (χ1n) is 9.09. The summed E-state index contributed by atoms with van der Waals surface area (Å²) in [5, 5.41) is 0. The maximum atomic E-state index is 12.8. The minimum absolute atomic E-state index is 0.180. The minimum atomic E-state index is 0.180. The molecule has 3 rings (SSSR count). The van der Waals surface area contributed by atoms with Gasteiger partial charge in [-0.05, 0) is 56.9 Å². The largest absolute Gasteiger partial charge is 0.311 e. The van der Waals surface area contributed by atoms with E-state index in [9.17, 15) is 4.79 Å². The van der Waals surface area contributed by atoms with Gasteiger partial charge >= 0.3 is 0 Å². The van der Waals surface area contributed by atoms with Crippen LogP contribution in [0, 0.1) is 12.8 Å². The van der Waals surface area contributed by atoms with Crippen LogP contribution in [0.15, 0.2) is 18.2 Å². The zero-order valence-electron chi connectivity index (χ0n) is 15.1. The topological polar surface area (TPSA) is 23.6 Å². The highest BCUT2D eigenvalue weighted by Crippen LogP contribution is 2.47. The van der Waals surface area contributed by atoms with Crippen LogP contribution in [0.3, 0.4) is 0 Å². The standard InChI is InChI=1S/C20H30N2O/c1-5-21-10-8-20(9-11-21)14-22(19(23)12-15(2)3)18-7-6-16(4)13-17(18)20/h6-7,13,15H,5,8-12,14H2,1-4H3. The zero-order valence-corrected chi connectivity index (χ0v) is 15.1. The van der Waals surface area contributed by atoms with Crippen molar-refractivity contribution in [3.05, 3.63) is 29.3 Å². The van der Waals surface area contributed by atoms with Gasteiger partial charge in [0.1, 0.15) is 0 Å². The van der Waals surface area contributed by atoms with Gasteiger partial charge in [-0.3, -0.25) is 4.79 Å². The van der Waals surface area contributed by atoms with Gasteiger partial charge in [0.15, 0.2) is 0 Å². The van der Waals surface area contributed by atoms with Crippen LogP contribution in [0.25, 0.3) is 0 Å². The van der Waals surface area contributed by atoms with Gasteiger partial charge in [0.25, 0.3) is 0 Å². The van der Waals surface area contributed by atoms with Crippen molar-refractivity contribution in [1.82, 2.24) is 4.90 Å². The molecule has 0 bridgehead atoms. The normalized spacial score (nSPS) is 20.3. The van der Waals surface area contributed by atoms with Gasteiger partial charge in [0.2, 0.25) is 5.91 Å². The molecule has 1 aromatic rings. The Morgan fingerprint density at radius 2 is 1.96 bits per heavy atom. The number of piperidine rings is 1. The number of carbonyl (C=O) groups is 1. The molecule has 1 aromatic carbocycles. The summed E-state index contributed by atoms with van der Waals surface area (Å²) < 4.78 is 0. The van der Waals surface area contributed by atoms with E-state index in [0.717, 1.165) is 26.2 Å². The van der Waals surface area contributed by atoms with Crippen LogP contribution in [-0.2, 0) is 10.2 Å². The Morgan fingerprint density at radius 3 is 2.57 bits per heavy atom. The highest BCUT2D eigenvalue weighted by molar-refractivity contribution is 5.96. The van der Waals surface area contributed by atoms with E-state index in [1.807, 2.05) is 0 Å². The number of likely N-dealkylation sites (tertiary alicyclic amines) is 1. The fourth-order valence-corrected chi connectivity index (χ4v) is 4.19. The molecule has 3 nitrogen and oxygen atoms in total. The van der Waals surface area contributed by atoms with E-state index in [2.05, 4.69) is 55.7 Å². The molecule has 2 aliphatic rings. The van der Waals surface area contributed by atoms with Crippen molar-refractivity contribution in [3.63, 3.8) is 0 Å². The second kappa shape index (κ2) is 6.27. The van der Waals surface area contributed by atoms with Gasteiger partial charge < -0.3 is 9.80 Å². The molecule has 0 aliphatic carbocycles. The third-order valence-electron chi connectivity index (χ3n) is 5.62. The second-order valence-corrected chi connectivity index (χ2v) is 7.81. The first kappa shape index (κ1) is 16.5. The van der Waals surface area contributed by atoms with Crippen LogP contribution in [0.5, 0.6) is 0 Å². The smallest absolute Gasteiger partial charge is 0.227 e. The number of fused-ring (bicyclic) bond motifs is 2. The maximum Gasteiger partial charge on any atom is 0.227 e. The quantitative estimate of drug-likeness (QED) is 0.848. The number of anilines is 1. The number of benzene rings is 1. The lowest BCUT2D eigenvalue weighted by Gasteiger charge is -2.39. The lowest BCUT2D eigenvalue weighted by Crippen LogP contribution is -2.46. The Morgan fingerprint density at radius 1 is 1.26 bits per heavy atom. The predicted molar refractivity (Wildman–Crippen MR) is 96.0 cm³/mol. The molecule has 1 amide bonds. The van der Waals surface area contributed by atoms with Crippen molar-refractivity contribution < 1.29 is 4.79 Å². The molecule has 0 aromatic heterocycles. The summed E-state index contributed by atoms with van der Waals surface area (Å²) in [4.78, 5) is 17.4. The summed E-state index contributed by atoms with van der Waals surface area (Å²) in [6.45, 7) is 13.0. The van der Waals surface area contributed by atoms with E-state index in [1.165, 1.54) is 29.7 Å². The lowest BCUT2D eigenvalue weighted by molar-refractivity contribution is -0.119. The van der Waals surface area contributed by atoms with Crippen LogP contribution in [-0.4, -0.2) is 37.0 Å². The summed E-state index contributed by atoms with van der Waals surface area (Å²) >= 11 is 0. The average molecular weight is 314 g/mol. The molecule has 0 atom stereocenters. The van der Waals surface area contributed by atoms with Crippen LogP contribution in [0.2, 0.25) is 0 Å². The number of nitrogens with zero attached hydrogens (tertiary/aromatic N) is 2. The van der Waals surface area contributed by atoms with E-state index in [-0.39, 0.29) is 5.41 Å². The van der Waals surface area contributed by atoms with Crippen molar-refractivity contribution in [3.8, 4) is 0 Å². The summed E-state index contributed by atoms with van der Waals surface area (Å²) in [7, 11) is 0. The van der Waals surface area contributed by atoms with E-state index in [1.54, 1.807) is 0 Å². The molecule has 0 saturated carbocycles. The second-order valence-electron chi connectivity index (χ2n) is 7.81. The van der Waals surface area contributed by atoms with E-state index in [4.69, 9.17) is 0 Å². The molecule has 1 spiro atoms. The fourth-order valence-electron chi connectivity index (χ4n) is 4.19. The summed E-state index contributed by atoms with van der Waals surface area (Å²) in [6, 6.07) is 6.65. The maximum absolute atomic E-state index is 12.8. The Bertz CT molecular complexity index is 585. The van der Waals surface area contributed by atoms with Gasteiger partial charge in [0.05, 0.1) is 0 Å². The molecule has 126 valence electrons. The van der Waals surface area contributed by atoms with E-state index in [0.29, 0.717) is 18.2 Å². The summed E-state index contributed by atoms with van der Waals surface area (Å²) in [5.41, 5.74) is 4.08. The number of carbonyl (C=O) groups excluding carboxylic acids is 1. The molecule has 3 heteroatoms. The number of amides is 1. The number of aryl methyl sites for hydroxylation is 1. The number of hydrogen-bond acceptors (Lipinski definition) is 2. The van der Waals surface area contributed by atoms with Gasteiger partial charge in [-0.25, -0.2) is 0 Å². The number of rotatable bonds is 3. The van der Waals surface area contributed by atoms with E-state index < -0.39 is 0 Å². The molecule has 0 unspecified atom stereocenters. The molecule has 0 radical (unpaired) electrons. The zero-order chi connectivity index (χ0) is 16.6. The first-order chi connectivity index (χ1) is 10.9. The molecule has 1 saturated heterocycles. The summed E-state index contributed by atoms with van der Waals surface area (Å²) in [6.07, 6.45) is 2.98. The van der Waals surface area contributed by atoms with Gasteiger partial charge in [0, 0.05) is 24.1 Å². The molecule has 2 aliphatic heterocycles. The van der Waals surface area contributed by atoms with Gasteiger partial charge in [-0.1, -0.05) is 38.5 Å².